The second kappa shape index (κ2) is 16.5. The molecule has 0 rings (SSSR count). The van der Waals surface area contributed by atoms with Crippen molar-refractivity contribution in [1.82, 2.24) is 0 Å². The minimum atomic E-state index is 1.19. The van der Waals surface area contributed by atoms with Crippen LogP contribution >= 0.6 is 0 Å². The Hall–Kier alpha value is -0.520. The van der Waals surface area contributed by atoms with E-state index < -0.39 is 0 Å². The normalized spacial score (nSPS) is 11.9. The molecule has 0 aliphatic rings. The summed E-state index contributed by atoms with van der Waals surface area (Å²) in [5.74, 6) is 0. The van der Waals surface area contributed by atoms with Gasteiger partial charge in [0.15, 0.2) is 0 Å². The van der Waals surface area contributed by atoms with Crippen molar-refractivity contribution in [2.45, 2.75) is 90.9 Å². The van der Waals surface area contributed by atoms with Crippen molar-refractivity contribution in [2.75, 3.05) is 0 Å². The smallest absolute Gasteiger partial charge is 0.0351 e. The van der Waals surface area contributed by atoms with Gasteiger partial charge in [0.2, 0.25) is 0 Å². The molecule has 0 unspecified atom stereocenters. The lowest BCUT2D eigenvalue weighted by Crippen LogP contribution is -1.79. The molecule has 0 aliphatic carbocycles. The van der Waals surface area contributed by atoms with E-state index in [0.717, 1.165) is 0 Å². The van der Waals surface area contributed by atoms with Crippen LogP contribution in [-0.4, -0.2) is 0 Å². The average molecular weight is 250 g/mol. The van der Waals surface area contributed by atoms with E-state index in [2.05, 4.69) is 38.2 Å². The summed E-state index contributed by atoms with van der Waals surface area (Å²) < 4.78 is 0. The summed E-state index contributed by atoms with van der Waals surface area (Å²) in [4.78, 5) is 0. The van der Waals surface area contributed by atoms with Crippen molar-refractivity contribution in [2.24, 2.45) is 0 Å². The molecule has 0 bridgehead atoms. The van der Waals surface area contributed by atoms with Crippen LogP contribution in [0, 0.1) is 0 Å². The molecule has 0 heterocycles. The SMILES string of the molecule is CC/C=C\CCCCCCCCC=CCCCC. The monoisotopic (exact) mass is 250 g/mol. The number of unbranched alkanes of at least 4 members (excludes halogenated alkanes) is 9. The minimum absolute atomic E-state index is 1.19. The molecule has 0 heteroatoms. The molecule has 0 amide bonds. The number of hydrogen-bond donors (Lipinski definition) is 0. The Kier molecular flexibility index (Phi) is 16.0. The molecule has 0 saturated carbocycles. The summed E-state index contributed by atoms with van der Waals surface area (Å²) in [5, 5.41) is 0. The zero-order valence-electron chi connectivity index (χ0n) is 12.8. The van der Waals surface area contributed by atoms with Crippen molar-refractivity contribution in [1.29, 1.82) is 0 Å². The van der Waals surface area contributed by atoms with E-state index in [9.17, 15) is 0 Å². The van der Waals surface area contributed by atoms with E-state index in [-0.39, 0.29) is 0 Å². The van der Waals surface area contributed by atoms with Crippen LogP contribution in [0.15, 0.2) is 24.3 Å². The van der Waals surface area contributed by atoms with Gasteiger partial charge in [-0.15, -0.1) is 0 Å². The van der Waals surface area contributed by atoms with Crippen LogP contribution in [0.3, 0.4) is 0 Å². The molecule has 0 saturated heterocycles. The van der Waals surface area contributed by atoms with Crippen LogP contribution in [0.25, 0.3) is 0 Å². The van der Waals surface area contributed by atoms with Gasteiger partial charge in [-0.05, 0) is 38.5 Å². The minimum Gasteiger partial charge on any atom is -0.0888 e. The molecule has 0 fully saturated rings. The highest BCUT2D eigenvalue weighted by Gasteiger charge is 1.89. The number of allylic oxidation sites excluding steroid dienone is 4. The van der Waals surface area contributed by atoms with E-state index in [4.69, 9.17) is 0 Å². The van der Waals surface area contributed by atoms with Gasteiger partial charge in [0.25, 0.3) is 0 Å². The quantitative estimate of drug-likeness (QED) is 0.248. The van der Waals surface area contributed by atoms with Crippen molar-refractivity contribution in [3.63, 3.8) is 0 Å². The maximum atomic E-state index is 2.38. The van der Waals surface area contributed by atoms with Crippen LogP contribution in [-0.2, 0) is 0 Å². The molecular formula is C18H34. The molecule has 106 valence electrons. The highest BCUT2D eigenvalue weighted by atomic mass is 14.0. The summed E-state index contributed by atoms with van der Waals surface area (Å²) in [5.41, 5.74) is 0. The topological polar surface area (TPSA) is 0 Å². The largest absolute Gasteiger partial charge is 0.0888 e. The molecule has 0 radical (unpaired) electrons. The molecular weight excluding hydrogens is 216 g/mol. The van der Waals surface area contributed by atoms with Crippen LogP contribution in [0.4, 0.5) is 0 Å². The van der Waals surface area contributed by atoms with Crippen molar-refractivity contribution < 1.29 is 0 Å². The van der Waals surface area contributed by atoms with Gasteiger partial charge in [0.05, 0.1) is 0 Å². The molecule has 0 aromatic heterocycles. The molecule has 0 aromatic carbocycles. The number of rotatable bonds is 13. The Labute approximate surface area is 116 Å². The molecule has 0 aromatic rings. The summed E-state index contributed by atoms with van der Waals surface area (Å²) in [7, 11) is 0. The maximum absolute atomic E-state index is 2.38. The fourth-order valence-electron chi connectivity index (χ4n) is 2.07. The molecule has 0 aliphatic heterocycles. The van der Waals surface area contributed by atoms with Crippen LogP contribution in [0.1, 0.15) is 90.9 Å². The van der Waals surface area contributed by atoms with Gasteiger partial charge in [-0.25, -0.2) is 0 Å². The zero-order chi connectivity index (χ0) is 13.3. The fourth-order valence-corrected chi connectivity index (χ4v) is 2.07. The predicted octanol–water partition coefficient (Wildman–Crippen LogP) is 6.82. The van der Waals surface area contributed by atoms with Gasteiger partial charge in [0.1, 0.15) is 0 Å². The number of hydrogen-bond acceptors (Lipinski definition) is 0. The maximum Gasteiger partial charge on any atom is -0.0351 e. The summed E-state index contributed by atoms with van der Waals surface area (Å²) in [6.45, 7) is 4.46. The Morgan fingerprint density at radius 3 is 1.44 bits per heavy atom. The van der Waals surface area contributed by atoms with Gasteiger partial charge >= 0.3 is 0 Å². The molecule has 0 nitrogen and oxygen atoms in total. The second-order valence-corrected chi connectivity index (χ2v) is 5.19. The zero-order valence-corrected chi connectivity index (χ0v) is 12.8. The Bertz CT molecular complexity index is 188. The average Bonchev–Trinajstić information content (AvgIpc) is 2.39. The highest BCUT2D eigenvalue weighted by Crippen LogP contribution is 2.09. The van der Waals surface area contributed by atoms with Gasteiger partial charge in [0, 0.05) is 0 Å². The van der Waals surface area contributed by atoms with Gasteiger partial charge in [-0.3, -0.25) is 0 Å². The van der Waals surface area contributed by atoms with E-state index in [0.29, 0.717) is 0 Å². The third kappa shape index (κ3) is 15.5. The van der Waals surface area contributed by atoms with Gasteiger partial charge < -0.3 is 0 Å². The predicted molar refractivity (Wildman–Crippen MR) is 85.0 cm³/mol. The third-order valence-corrected chi connectivity index (χ3v) is 3.28. The Morgan fingerprint density at radius 1 is 0.500 bits per heavy atom. The molecule has 0 atom stereocenters. The first-order chi connectivity index (χ1) is 8.91. The van der Waals surface area contributed by atoms with Gasteiger partial charge in [-0.1, -0.05) is 76.7 Å². The standard InChI is InChI=1S/C18H34/c1-3-5-7-9-11-13-15-17-18-16-14-12-10-8-6-4-2/h5,7,10,12H,3-4,6,8-9,11,13-18H2,1-2H3/b7-5-,12-10?. The van der Waals surface area contributed by atoms with E-state index in [1.165, 1.54) is 77.0 Å². The first kappa shape index (κ1) is 17.5. The molecule has 0 spiro atoms. The molecule has 0 N–H and O–H groups in total. The van der Waals surface area contributed by atoms with Crippen LogP contribution < -0.4 is 0 Å². The second-order valence-electron chi connectivity index (χ2n) is 5.19. The first-order valence-corrected chi connectivity index (χ1v) is 8.21. The highest BCUT2D eigenvalue weighted by molar-refractivity contribution is 4.81. The van der Waals surface area contributed by atoms with E-state index in [1.807, 2.05) is 0 Å². The third-order valence-electron chi connectivity index (χ3n) is 3.28. The Morgan fingerprint density at radius 2 is 0.944 bits per heavy atom. The summed E-state index contributed by atoms with van der Waals surface area (Å²) >= 11 is 0. The molecule has 18 heavy (non-hydrogen) atoms. The lowest BCUT2D eigenvalue weighted by atomic mass is 10.1. The lowest BCUT2D eigenvalue weighted by Gasteiger charge is -1.99. The van der Waals surface area contributed by atoms with E-state index in [1.54, 1.807) is 0 Å². The van der Waals surface area contributed by atoms with E-state index >= 15 is 0 Å². The van der Waals surface area contributed by atoms with Crippen LogP contribution in [0.5, 0.6) is 0 Å². The first-order valence-electron chi connectivity index (χ1n) is 8.21. The van der Waals surface area contributed by atoms with Crippen molar-refractivity contribution >= 4 is 0 Å². The Balaban J connectivity index is 3.03. The van der Waals surface area contributed by atoms with Crippen molar-refractivity contribution in [3.8, 4) is 0 Å². The van der Waals surface area contributed by atoms with Crippen molar-refractivity contribution in [3.05, 3.63) is 24.3 Å². The summed E-state index contributed by atoms with van der Waals surface area (Å²) in [6.07, 6.45) is 25.5. The lowest BCUT2D eigenvalue weighted by molar-refractivity contribution is 0.599. The summed E-state index contributed by atoms with van der Waals surface area (Å²) in [6, 6.07) is 0. The fraction of sp³-hybridized carbons (Fsp3) is 0.778. The van der Waals surface area contributed by atoms with Crippen LogP contribution in [0.2, 0.25) is 0 Å². The van der Waals surface area contributed by atoms with Gasteiger partial charge in [-0.2, -0.15) is 0 Å².